The van der Waals surface area contributed by atoms with Gasteiger partial charge in [0.25, 0.3) is 0 Å². The number of rotatable bonds is 2. The van der Waals surface area contributed by atoms with Crippen LogP contribution in [-0.2, 0) is 4.79 Å². The third-order valence-electron chi connectivity index (χ3n) is 3.19. The molecule has 1 saturated heterocycles. The highest BCUT2D eigenvalue weighted by Crippen LogP contribution is 2.35. The first-order valence-corrected chi connectivity index (χ1v) is 6.71. The molecule has 3 nitrogen and oxygen atoms in total. The van der Waals surface area contributed by atoms with E-state index in [1.165, 1.54) is 5.56 Å². The predicted molar refractivity (Wildman–Crippen MR) is 71.5 cm³/mol. The van der Waals surface area contributed by atoms with E-state index < -0.39 is 6.04 Å². The van der Waals surface area contributed by atoms with Crippen LogP contribution in [0.1, 0.15) is 31.4 Å². The van der Waals surface area contributed by atoms with Gasteiger partial charge in [0.1, 0.15) is 0 Å². The zero-order valence-corrected chi connectivity index (χ0v) is 11.5. The Morgan fingerprint density at radius 3 is 2.88 bits per heavy atom. The molecule has 1 aliphatic heterocycles. The summed E-state index contributed by atoms with van der Waals surface area (Å²) in [6.07, 6.45) is 2.06. The number of likely N-dealkylation sites (tertiary alicyclic amines) is 1. The van der Waals surface area contributed by atoms with E-state index in [1.54, 1.807) is 6.92 Å². The Balaban J connectivity index is 2.26. The molecule has 2 atom stereocenters. The molecule has 17 heavy (non-hydrogen) atoms. The molecule has 0 bridgehead atoms. The number of carbonyl (C=O) groups excluding carboxylic acids is 1. The number of hydrogen-bond acceptors (Lipinski definition) is 2. The number of benzene rings is 1. The van der Waals surface area contributed by atoms with Crippen molar-refractivity contribution in [3.05, 3.63) is 34.3 Å². The zero-order chi connectivity index (χ0) is 12.4. The van der Waals surface area contributed by atoms with Crippen LogP contribution in [0.5, 0.6) is 0 Å². The van der Waals surface area contributed by atoms with Crippen LogP contribution < -0.4 is 5.73 Å². The average molecular weight is 297 g/mol. The second-order valence-corrected chi connectivity index (χ2v) is 5.35. The van der Waals surface area contributed by atoms with Crippen LogP contribution in [0.3, 0.4) is 0 Å². The number of nitrogens with two attached hydrogens (primary N) is 1. The maximum atomic E-state index is 12.0. The fourth-order valence-corrected chi connectivity index (χ4v) is 2.91. The molecule has 0 aliphatic carbocycles. The molecular weight excluding hydrogens is 280 g/mol. The quantitative estimate of drug-likeness (QED) is 0.911. The highest BCUT2D eigenvalue weighted by atomic mass is 79.9. The molecular formula is C13H17BrN2O. The van der Waals surface area contributed by atoms with Crippen LogP contribution in [0.4, 0.5) is 0 Å². The maximum Gasteiger partial charge on any atom is 0.239 e. The summed E-state index contributed by atoms with van der Waals surface area (Å²) < 4.78 is 1.06. The standard InChI is InChI=1S/C13H17BrN2O/c1-9(15)13(17)16-8-4-7-12(16)10-5-2-3-6-11(10)14/h2-3,5-6,9,12H,4,7-8,15H2,1H3/t9-,12?/m1/s1. The SMILES string of the molecule is C[C@@H](N)C(=O)N1CCCC1c1ccccc1Br. The summed E-state index contributed by atoms with van der Waals surface area (Å²) in [6, 6.07) is 7.83. The Bertz CT molecular complexity index is 420. The van der Waals surface area contributed by atoms with Gasteiger partial charge in [-0.25, -0.2) is 0 Å². The average Bonchev–Trinajstić information content (AvgIpc) is 2.77. The van der Waals surface area contributed by atoms with Crippen molar-refractivity contribution in [1.82, 2.24) is 4.90 Å². The topological polar surface area (TPSA) is 46.3 Å². The molecule has 1 heterocycles. The molecule has 0 spiro atoms. The molecule has 0 saturated carbocycles. The summed E-state index contributed by atoms with van der Waals surface area (Å²) in [5.41, 5.74) is 6.87. The largest absolute Gasteiger partial charge is 0.334 e. The zero-order valence-electron chi connectivity index (χ0n) is 9.90. The smallest absolute Gasteiger partial charge is 0.239 e. The van der Waals surface area contributed by atoms with Crippen molar-refractivity contribution in [2.24, 2.45) is 5.73 Å². The van der Waals surface area contributed by atoms with Crippen molar-refractivity contribution in [2.45, 2.75) is 31.8 Å². The van der Waals surface area contributed by atoms with Gasteiger partial charge >= 0.3 is 0 Å². The van der Waals surface area contributed by atoms with E-state index in [1.807, 2.05) is 23.1 Å². The fraction of sp³-hybridized carbons (Fsp3) is 0.462. The van der Waals surface area contributed by atoms with Crippen molar-refractivity contribution in [3.63, 3.8) is 0 Å². The van der Waals surface area contributed by atoms with Gasteiger partial charge in [0, 0.05) is 11.0 Å². The van der Waals surface area contributed by atoms with Crippen molar-refractivity contribution < 1.29 is 4.79 Å². The van der Waals surface area contributed by atoms with Crippen LogP contribution in [0, 0.1) is 0 Å². The van der Waals surface area contributed by atoms with Gasteiger partial charge < -0.3 is 10.6 Å². The van der Waals surface area contributed by atoms with Crippen LogP contribution >= 0.6 is 15.9 Å². The molecule has 1 aromatic carbocycles. The monoisotopic (exact) mass is 296 g/mol. The van der Waals surface area contributed by atoms with Gasteiger partial charge in [-0.1, -0.05) is 34.1 Å². The minimum absolute atomic E-state index is 0.0447. The van der Waals surface area contributed by atoms with Gasteiger partial charge in [0.15, 0.2) is 0 Å². The minimum atomic E-state index is -0.418. The van der Waals surface area contributed by atoms with E-state index in [9.17, 15) is 4.79 Å². The van der Waals surface area contributed by atoms with Crippen LogP contribution in [-0.4, -0.2) is 23.4 Å². The predicted octanol–water partition coefficient (Wildman–Crippen LogP) is 2.46. The lowest BCUT2D eigenvalue weighted by atomic mass is 10.0. The van der Waals surface area contributed by atoms with Gasteiger partial charge in [-0.2, -0.15) is 0 Å². The summed E-state index contributed by atoms with van der Waals surface area (Å²) in [7, 11) is 0. The summed E-state index contributed by atoms with van der Waals surface area (Å²) in [6.45, 7) is 2.56. The second-order valence-electron chi connectivity index (χ2n) is 4.50. The van der Waals surface area contributed by atoms with Crippen molar-refractivity contribution in [2.75, 3.05) is 6.54 Å². The summed E-state index contributed by atoms with van der Waals surface area (Å²) >= 11 is 3.55. The summed E-state index contributed by atoms with van der Waals surface area (Å²) in [5, 5.41) is 0. The van der Waals surface area contributed by atoms with E-state index in [4.69, 9.17) is 5.73 Å². The molecule has 1 aromatic rings. The lowest BCUT2D eigenvalue weighted by Gasteiger charge is -2.27. The summed E-state index contributed by atoms with van der Waals surface area (Å²) in [4.78, 5) is 13.9. The molecule has 0 radical (unpaired) electrons. The van der Waals surface area contributed by atoms with Gasteiger partial charge in [0.05, 0.1) is 12.1 Å². The number of halogens is 1. The molecule has 0 aromatic heterocycles. The van der Waals surface area contributed by atoms with Crippen LogP contribution in [0.25, 0.3) is 0 Å². The molecule has 1 fully saturated rings. The third kappa shape index (κ3) is 2.53. The lowest BCUT2D eigenvalue weighted by Crippen LogP contribution is -2.41. The van der Waals surface area contributed by atoms with Crippen LogP contribution in [0.15, 0.2) is 28.7 Å². The molecule has 1 unspecified atom stereocenters. The van der Waals surface area contributed by atoms with Crippen molar-refractivity contribution >= 4 is 21.8 Å². The van der Waals surface area contributed by atoms with Gasteiger partial charge in [0.2, 0.25) is 5.91 Å². The Hall–Kier alpha value is -0.870. The molecule has 1 amide bonds. The van der Waals surface area contributed by atoms with Gasteiger partial charge in [-0.3, -0.25) is 4.79 Å². The normalized spacial score (nSPS) is 21.6. The van der Waals surface area contributed by atoms with Gasteiger partial charge in [-0.15, -0.1) is 0 Å². The van der Waals surface area contributed by atoms with E-state index >= 15 is 0 Å². The Labute approximate surface area is 110 Å². The van der Waals surface area contributed by atoms with E-state index in [0.29, 0.717) is 0 Å². The van der Waals surface area contributed by atoms with Crippen molar-refractivity contribution in [3.8, 4) is 0 Å². The number of nitrogens with zero attached hydrogens (tertiary/aromatic N) is 1. The molecule has 92 valence electrons. The van der Waals surface area contributed by atoms with E-state index in [2.05, 4.69) is 22.0 Å². The third-order valence-corrected chi connectivity index (χ3v) is 3.91. The Morgan fingerprint density at radius 1 is 1.53 bits per heavy atom. The number of carbonyl (C=O) groups is 1. The van der Waals surface area contributed by atoms with E-state index in [0.717, 1.165) is 23.9 Å². The number of hydrogen-bond donors (Lipinski definition) is 1. The lowest BCUT2D eigenvalue weighted by molar-refractivity contribution is -0.133. The van der Waals surface area contributed by atoms with Crippen LogP contribution in [0.2, 0.25) is 0 Å². The Morgan fingerprint density at radius 2 is 2.24 bits per heavy atom. The Kier molecular flexibility index (Phi) is 3.84. The van der Waals surface area contributed by atoms with E-state index in [-0.39, 0.29) is 11.9 Å². The number of amides is 1. The molecule has 4 heteroatoms. The summed E-state index contributed by atoms with van der Waals surface area (Å²) in [5.74, 6) is 0.0447. The van der Waals surface area contributed by atoms with Crippen molar-refractivity contribution in [1.29, 1.82) is 0 Å². The first kappa shape index (κ1) is 12.6. The molecule has 2 rings (SSSR count). The first-order valence-electron chi connectivity index (χ1n) is 5.91. The minimum Gasteiger partial charge on any atom is -0.334 e. The second kappa shape index (κ2) is 5.19. The molecule has 2 N–H and O–H groups in total. The highest BCUT2D eigenvalue weighted by molar-refractivity contribution is 9.10. The maximum absolute atomic E-state index is 12.0. The highest BCUT2D eigenvalue weighted by Gasteiger charge is 2.32. The van der Waals surface area contributed by atoms with Gasteiger partial charge in [-0.05, 0) is 31.4 Å². The fourth-order valence-electron chi connectivity index (χ4n) is 2.36. The molecule has 1 aliphatic rings. The first-order chi connectivity index (χ1) is 8.11.